The fourth-order valence-electron chi connectivity index (χ4n) is 11.3. The molecule has 6 atom stereocenters. The van der Waals surface area contributed by atoms with Gasteiger partial charge in [-0.25, -0.2) is 9.13 Å². The van der Waals surface area contributed by atoms with E-state index in [9.17, 15) is 43.2 Å². The summed E-state index contributed by atoms with van der Waals surface area (Å²) in [7, 11) is -9.93. The average molecular weight is 1410 g/mol. The van der Waals surface area contributed by atoms with Gasteiger partial charge >= 0.3 is 39.5 Å². The number of allylic oxidation sites excluding steroid dienone is 4. The summed E-state index contributed by atoms with van der Waals surface area (Å²) in [5.74, 6) is -0.634. The van der Waals surface area contributed by atoms with Crippen LogP contribution in [0.15, 0.2) is 24.3 Å². The van der Waals surface area contributed by atoms with Crippen LogP contribution < -0.4 is 0 Å². The quantitative estimate of drug-likeness (QED) is 0.0169. The number of hydrogen-bond donors (Lipinski definition) is 3. The van der Waals surface area contributed by atoms with Crippen LogP contribution in [0.5, 0.6) is 0 Å². The molecule has 0 aromatic heterocycles. The number of unbranched alkanes of at least 4 members (excludes halogenated alkanes) is 40. The van der Waals surface area contributed by atoms with E-state index < -0.39 is 97.5 Å². The zero-order chi connectivity index (χ0) is 70.7. The molecule has 0 saturated carbocycles. The van der Waals surface area contributed by atoms with Gasteiger partial charge in [0.05, 0.1) is 26.4 Å². The molecule has 0 fully saturated rings. The third-order valence-corrected chi connectivity index (χ3v) is 19.6. The van der Waals surface area contributed by atoms with Crippen LogP contribution in [0.4, 0.5) is 0 Å². The summed E-state index contributed by atoms with van der Waals surface area (Å²) in [4.78, 5) is 72.8. The molecule has 3 unspecified atom stereocenters. The standard InChI is InChI=1S/C77H146O17P2/c1-7-10-12-14-16-18-20-22-24-25-27-29-31-35-43-49-55-61-76(81)93-72(65-87-74(79)59-53-47-41-34-30-28-26-23-21-19-17-15-13-11-8-2)67-91-95(83,84)89-63-71(78)64-90-96(85,86)92-68-73(94-77(82)62-56-50-44-36-32-33-39-45-51-57-69(4)5)66-88-75(80)60-54-48-42-38-37-40-46-52-58-70(6)9-3/h19,21,23,26,69-73,78H,7-18,20,22,24-25,27-68H2,1-6H3,(H,83,84)(H,85,86)/b21-19-,26-23-/t70?,71-,72-,73-/m1/s1. The zero-order valence-electron chi connectivity index (χ0n) is 62.2. The van der Waals surface area contributed by atoms with E-state index in [1.165, 1.54) is 173 Å². The van der Waals surface area contributed by atoms with Gasteiger partial charge in [-0.15, -0.1) is 0 Å². The van der Waals surface area contributed by atoms with Crippen molar-refractivity contribution in [2.45, 2.75) is 394 Å². The lowest BCUT2D eigenvalue weighted by Gasteiger charge is -2.21. The van der Waals surface area contributed by atoms with Crippen molar-refractivity contribution in [1.82, 2.24) is 0 Å². The lowest BCUT2D eigenvalue weighted by molar-refractivity contribution is -0.161. The zero-order valence-corrected chi connectivity index (χ0v) is 63.9. The van der Waals surface area contributed by atoms with Crippen molar-refractivity contribution in [2.75, 3.05) is 39.6 Å². The maximum atomic E-state index is 13.1. The number of rotatable bonds is 74. The van der Waals surface area contributed by atoms with Crippen molar-refractivity contribution in [3.63, 3.8) is 0 Å². The number of aliphatic hydroxyl groups excluding tert-OH is 1. The van der Waals surface area contributed by atoms with E-state index in [1.807, 2.05) is 0 Å². The topological polar surface area (TPSA) is 237 Å². The molecule has 17 nitrogen and oxygen atoms in total. The maximum absolute atomic E-state index is 13.1. The highest BCUT2D eigenvalue weighted by molar-refractivity contribution is 7.47. The van der Waals surface area contributed by atoms with E-state index in [4.69, 9.17) is 37.0 Å². The van der Waals surface area contributed by atoms with Crippen LogP contribution in [-0.4, -0.2) is 96.7 Å². The SMILES string of the molecule is CCCCCC/C=C\C=C/CCCCCCCC(=O)OC[C@H](COP(=O)(O)OC[C@@H](O)COP(=O)(O)OC[C@@H](COC(=O)CCCCCCCCCCC(C)CC)OC(=O)CCCCCCCCCCCC(C)C)OC(=O)CCCCCCCCCCCCCCCCCCC. The summed E-state index contributed by atoms with van der Waals surface area (Å²) >= 11 is 0. The van der Waals surface area contributed by atoms with Gasteiger partial charge in [0.15, 0.2) is 12.2 Å². The Labute approximate surface area is 586 Å². The second-order valence-corrected chi connectivity index (χ2v) is 30.7. The predicted molar refractivity (Wildman–Crippen MR) is 391 cm³/mol. The van der Waals surface area contributed by atoms with Crippen molar-refractivity contribution in [3.05, 3.63) is 24.3 Å². The molecule has 0 saturated heterocycles. The Balaban J connectivity index is 5.30. The third-order valence-electron chi connectivity index (χ3n) is 17.7. The number of aliphatic hydroxyl groups is 1. The summed E-state index contributed by atoms with van der Waals surface area (Å²) < 4.78 is 68.5. The van der Waals surface area contributed by atoms with Crippen molar-refractivity contribution < 1.29 is 80.2 Å². The van der Waals surface area contributed by atoms with Crippen LogP contribution in [0, 0.1) is 11.8 Å². The van der Waals surface area contributed by atoms with Crippen LogP contribution >= 0.6 is 15.6 Å². The molecule has 0 aromatic carbocycles. The first-order valence-electron chi connectivity index (χ1n) is 39.3. The number of phosphoric ester groups is 2. The van der Waals surface area contributed by atoms with Gasteiger partial charge in [-0.3, -0.25) is 37.3 Å². The summed E-state index contributed by atoms with van der Waals surface area (Å²) in [5.41, 5.74) is 0. The first-order valence-corrected chi connectivity index (χ1v) is 42.3. The van der Waals surface area contributed by atoms with Gasteiger partial charge in [-0.1, -0.05) is 323 Å². The largest absolute Gasteiger partial charge is 0.472 e. The Kier molecular flexibility index (Phi) is 66.6. The minimum atomic E-state index is -4.97. The average Bonchev–Trinajstić information content (AvgIpc) is 1.53. The lowest BCUT2D eigenvalue weighted by Crippen LogP contribution is -2.30. The number of carbonyl (C=O) groups is 4. The molecular weight excluding hydrogens is 1260 g/mol. The third kappa shape index (κ3) is 68.7. The number of hydrogen-bond acceptors (Lipinski definition) is 15. The fourth-order valence-corrected chi connectivity index (χ4v) is 12.8. The minimum Gasteiger partial charge on any atom is -0.462 e. The molecule has 0 aliphatic carbocycles. The molecule has 3 N–H and O–H groups in total. The van der Waals surface area contributed by atoms with Gasteiger partial charge in [0.1, 0.15) is 19.3 Å². The Morgan fingerprint density at radius 1 is 0.344 bits per heavy atom. The smallest absolute Gasteiger partial charge is 0.462 e. The molecule has 0 heterocycles. The maximum Gasteiger partial charge on any atom is 0.472 e. The molecule has 0 amide bonds. The second kappa shape index (κ2) is 68.3. The Hall–Kier alpha value is -2.46. The van der Waals surface area contributed by atoms with Gasteiger partial charge in [-0.2, -0.15) is 0 Å². The van der Waals surface area contributed by atoms with Crippen LogP contribution in [0.1, 0.15) is 375 Å². The van der Waals surface area contributed by atoms with Crippen LogP contribution in [0.25, 0.3) is 0 Å². The van der Waals surface area contributed by atoms with E-state index in [1.54, 1.807) is 0 Å². The van der Waals surface area contributed by atoms with E-state index in [2.05, 4.69) is 65.8 Å². The Morgan fingerprint density at radius 2 is 0.615 bits per heavy atom. The summed E-state index contributed by atoms with van der Waals surface area (Å²) in [6.07, 6.45) is 59.0. The Bertz CT molecular complexity index is 1950. The predicted octanol–water partition coefficient (Wildman–Crippen LogP) is 22.3. The molecule has 96 heavy (non-hydrogen) atoms. The molecule has 0 radical (unpaired) electrons. The number of esters is 4. The van der Waals surface area contributed by atoms with E-state index >= 15 is 0 Å². The molecule has 0 spiro atoms. The van der Waals surface area contributed by atoms with Gasteiger partial charge in [0, 0.05) is 25.7 Å². The van der Waals surface area contributed by atoms with Crippen molar-refractivity contribution >= 4 is 39.5 Å². The summed E-state index contributed by atoms with van der Waals surface area (Å²) in [6.45, 7) is 9.51. The molecule has 566 valence electrons. The van der Waals surface area contributed by atoms with Gasteiger partial charge in [0.2, 0.25) is 0 Å². The Morgan fingerprint density at radius 3 is 0.938 bits per heavy atom. The van der Waals surface area contributed by atoms with Crippen LogP contribution in [-0.2, 0) is 65.4 Å². The monoisotopic (exact) mass is 1410 g/mol. The van der Waals surface area contributed by atoms with E-state index in [0.29, 0.717) is 25.7 Å². The summed E-state index contributed by atoms with van der Waals surface area (Å²) in [6, 6.07) is 0. The fraction of sp³-hybridized carbons (Fsp3) is 0.896. The van der Waals surface area contributed by atoms with Crippen LogP contribution in [0.2, 0.25) is 0 Å². The van der Waals surface area contributed by atoms with Crippen molar-refractivity contribution in [3.8, 4) is 0 Å². The van der Waals surface area contributed by atoms with Gasteiger partial charge in [-0.05, 0) is 63.2 Å². The van der Waals surface area contributed by atoms with E-state index in [0.717, 1.165) is 121 Å². The molecular formula is C77H146O17P2. The van der Waals surface area contributed by atoms with Crippen molar-refractivity contribution in [2.24, 2.45) is 11.8 Å². The molecule has 19 heteroatoms. The normalized spacial score (nSPS) is 14.4. The van der Waals surface area contributed by atoms with Crippen LogP contribution in [0.3, 0.4) is 0 Å². The molecule has 0 rings (SSSR count). The lowest BCUT2D eigenvalue weighted by atomic mass is 9.99. The minimum absolute atomic E-state index is 0.101. The first kappa shape index (κ1) is 93.5. The highest BCUT2D eigenvalue weighted by Gasteiger charge is 2.30. The van der Waals surface area contributed by atoms with E-state index in [-0.39, 0.29) is 25.7 Å². The van der Waals surface area contributed by atoms with Gasteiger partial charge in [0.25, 0.3) is 0 Å². The molecule has 0 bridgehead atoms. The second-order valence-electron chi connectivity index (χ2n) is 27.8. The molecule has 0 aliphatic rings. The first-order chi connectivity index (χ1) is 46.4. The number of phosphoric acid groups is 2. The summed E-state index contributed by atoms with van der Waals surface area (Å²) in [5, 5.41) is 10.6. The number of carbonyl (C=O) groups excluding carboxylic acids is 4. The van der Waals surface area contributed by atoms with Crippen molar-refractivity contribution in [1.29, 1.82) is 0 Å². The van der Waals surface area contributed by atoms with Gasteiger partial charge < -0.3 is 33.8 Å². The highest BCUT2D eigenvalue weighted by Crippen LogP contribution is 2.45. The molecule has 0 aromatic rings. The molecule has 0 aliphatic heterocycles. The highest BCUT2D eigenvalue weighted by atomic mass is 31.2. The number of ether oxygens (including phenoxy) is 4.